The van der Waals surface area contributed by atoms with E-state index in [9.17, 15) is 9.59 Å². The summed E-state index contributed by atoms with van der Waals surface area (Å²) in [6.45, 7) is -0.277. The lowest BCUT2D eigenvalue weighted by Crippen LogP contribution is -2.46. The number of nitrogens with one attached hydrogen (secondary N) is 1. The lowest BCUT2D eigenvalue weighted by Gasteiger charge is -2.14. The molecular weight excluding hydrogens is 330 g/mol. The topological polar surface area (TPSA) is 118 Å². The van der Waals surface area contributed by atoms with Crippen molar-refractivity contribution in [3.8, 4) is 11.8 Å². The van der Waals surface area contributed by atoms with Gasteiger partial charge < -0.3 is 21.9 Å². The van der Waals surface area contributed by atoms with Crippen LogP contribution in [0.1, 0.15) is 27.0 Å². The minimum absolute atomic E-state index is 0.0729. The highest BCUT2D eigenvalue weighted by Crippen LogP contribution is 2.06. The molecule has 0 unspecified atom stereocenters. The van der Waals surface area contributed by atoms with Crippen LogP contribution < -0.4 is 16.8 Å². The summed E-state index contributed by atoms with van der Waals surface area (Å²) in [5.41, 5.74) is 14.1. The summed E-state index contributed by atoms with van der Waals surface area (Å²) in [7, 11) is 0. The second-order valence-electron chi connectivity index (χ2n) is 5.62. The molecule has 0 aliphatic carbocycles. The SMILES string of the molecule is NCc1cccc(C#Cc2ccc(C(=O)N[C@@H](CN)C(=O)CO)cc2)c1. The van der Waals surface area contributed by atoms with Gasteiger partial charge in [0.25, 0.3) is 5.91 Å². The third kappa shape index (κ3) is 5.26. The number of hydrogen-bond acceptors (Lipinski definition) is 5. The molecule has 0 aliphatic heterocycles. The van der Waals surface area contributed by atoms with Crippen LogP contribution in [0.4, 0.5) is 0 Å². The van der Waals surface area contributed by atoms with Crippen molar-refractivity contribution in [1.82, 2.24) is 5.32 Å². The van der Waals surface area contributed by atoms with Crippen LogP contribution in [0, 0.1) is 11.8 Å². The molecule has 0 saturated carbocycles. The fourth-order valence-electron chi connectivity index (χ4n) is 2.25. The molecule has 0 radical (unpaired) electrons. The number of ketones is 1. The minimum atomic E-state index is -0.901. The van der Waals surface area contributed by atoms with Crippen molar-refractivity contribution in [2.75, 3.05) is 13.2 Å². The van der Waals surface area contributed by atoms with Gasteiger partial charge in [-0.1, -0.05) is 24.0 Å². The van der Waals surface area contributed by atoms with Crippen LogP contribution in [0.2, 0.25) is 0 Å². The second kappa shape index (κ2) is 9.49. The van der Waals surface area contributed by atoms with Crippen molar-refractivity contribution >= 4 is 11.7 Å². The highest BCUT2D eigenvalue weighted by Gasteiger charge is 2.18. The van der Waals surface area contributed by atoms with Gasteiger partial charge in [0.05, 0.1) is 0 Å². The van der Waals surface area contributed by atoms with E-state index in [0.29, 0.717) is 12.1 Å². The third-order valence-electron chi connectivity index (χ3n) is 3.75. The quantitative estimate of drug-likeness (QED) is 0.553. The number of carbonyl (C=O) groups excluding carboxylic acids is 2. The summed E-state index contributed by atoms with van der Waals surface area (Å²) in [4.78, 5) is 23.6. The average molecular weight is 351 g/mol. The monoisotopic (exact) mass is 351 g/mol. The maximum absolute atomic E-state index is 12.1. The van der Waals surface area contributed by atoms with Gasteiger partial charge in [-0.3, -0.25) is 9.59 Å². The number of rotatable bonds is 6. The Morgan fingerprint density at radius 3 is 2.35 bits per heavy atom. The predicted molar refractivity (Wildman–Crippen MR) is 99.2 cm³/mol. The van der Waals surface area contributed by atoms with Crippen molar-refractivity contribution in [2.24, 2.45) is 11.5 Å². The van der Waals surface area contributed by atoms with E-state index in [1.807, 2.05) is 24.3 Å². The van der Waals surface area contributed by atoms with Crippen LogP contribution in [0.5, 0.6) is 0 Å². The van der Waals surface area contributed by atoms with Crippen molar-refractivity contribution in [1.29, 1.82) is 0 Å². The zero-order valence-corrected chi connectivity index (χ0v) is 14.2. The van der Waals surface area contributed by atoms with E-state index in [0.717, 1.165) is 16.7 Å². The molecular formula is C20H21N3O3. The Morgan fingerprint density at radius 2 is 1.73 bits per heavy atom. The van der Waals surface area contributed by atoms with E-state index in [-0.39, 0.29) is 6.54 Å². The van der Waals surface area contributed by atoms with Crippen LogP contribution in [-0.4, -0.2) is 36.0 Å². The number of aliphatic hydroxyl groups is 1. The minimum Gasteiger partial charge on any atom is -0.388 e. The average Bonchev–Trinajstić information content (AvgIpc) is 2.70. The van der Waals surface area contributed by atoms with Gasteiger partial charge in [0, 0.05) is 29.8 Å². The Bertz CT molecular complexity index is 835. The molecule has 0 bridgehead atoms. The number of hydrogen-bond donors (Lipinski definition) is 4. The maximum atomic E-state index is 12.1. The number of aliphatic hydroxyl groups excluding tert-OH is 1. The molecule has 0 fully saturated rings. The van der Waals surface area contributed by atoms with E-state index >= 15 is 0 Å². The number of nitrogens with two attached hydrogens (primary N) is 2. The number of carbonyl (C=O) groups is 2. The molecule has 1 amide bonds. The van der Waals surface area contributed by atoms with Gasteiger partial charge in [-0.2, -0.15) is 0 Å². The van der Waals surface area contributed by atoms with E-state index < -0.39 is 24.3 Å². The van der Waals surface area contributed by atoms with Gasteiger partial charge in [0.2, 0.25) is 0 Å². The molecule has 6 heteroatoms. The molecule has 2 aromatic rings. The van der Waals surface area contributed by atoms with Crippen LogP contribution in [0.15, 0.2) is 48.5 Å². The first-order chi connectivity index (χ1) is 12.6. The zero-order valence-electron chi connectivity index (χ0n) is 14.2. The smallest absolute Gasteiger partial charge is 0.251 e. The fourth-order valence-corrected chi connectivity index (χ4v) is 2.25. The Morgan fingerprint density at radius 1 is 1.04 bits per heavy atom. The van der Waals surface area contributed by atoms with E-state index in [1.54, 1.807) is 24.3 Å². The molecule has 6 N–H and O–H groups in total. The molecule has 0 heterocycles. The fraction of sp³-hybridized carbons (Fsp3) is 0.200. The van der Waals surface area contributed by atoms with Crippen molar-refractivity contribution in [3.05, 3.63) is 70.8 Å². The highest BCUT2D eigenvalue weighted by atomic mass is 16.3. The first kappa shape index (κ1) is 19.3. The Balaban J connectivity index is 2.07. The first-order valence-electron chi connectivity index (χ1n) is 8.13. The van der Waals surface area contributed by atoms with Crippen molar-refractivity contribution in [3.63, 3.8) is 0 Å². The van der Waals surface area contributed by atoms with Crippen LogP contribution in [-0.2, 0) is 11.3 Å². The molecule has 134 valence electrons. The predicted octanol–water partition coefficient (Wildman–Crippen LogP) is 0.164. The second-order valence-corrected chi connectivity index (χ2v) is 5.62. The summed E-state index contributed by atoms with van der Waals surface area (Å²) in [5.74, 6) is 5.12. The van der Waals surface area contributed by atoms with Gasteiger partial charge in [-0.25, -0.2) is 0 Å². The lowest BCUT2D eigenvalue weighted by molar-refractivity contribution is -0.123. The van der Waals surface area contributed by atoms with Gasteiger partial charge in [-0.15, -0.1) is 0 Å². The summed E-state index contributed by atoms with van der Waals surface area (Å²) >= 11 is 0. The first-order valence-corrected chi connectivity index (χ1v) is 8.13. The number of Topliss-reactive ketones (excluding diaryl/α,β-unsaturated/α-hetero) is 1. The van der Waals surface area contributed by atoms with Gasteiger partial charge in [0.1, 0.15) is 12.6 Å². The Labute approximate surface area is 152 Å². The summed E-state index contributed by atoms with van der Waals surface area (Å²) in [6, 6.07) is 13.5. The van der Waals surface area contributed by atoms with E-state index in [4.69, 9.17) is 16.6 Å². The molecule has 2 aromatic carbocycles. The summed E-state index contributed by atoms with van der Waals surface area (Å²) in [6.07, 6.45) is 0. The summed E-state index contributed by atoms with van der Waals surface area (Å²) < 4.78 is 0. The van der Waals surface area contributed by atoms with Crippen molar-refractivity contribution in [2.45, 2.75) is 12.6 Å². The standard InChI is InChI=1S/C20H21N3O3/c21-11-16-3-1-2-15(10-16)5-4-14-6-8-17(9-7-14)20(26)23-18(12-22)19(25)13-24/h1-3,6-10,18,24H,11-13,21-22H2,(H,23,26)/t18-/m0/s1. The Hall–Kier alpha value is -2.98. The molecule has 0 aliphatic rings. The molecule has 0 aromatic heterocycles. The lowest BCUT2D eigenvalue weighted by atomic mass is 10.1. The third-order valence-corrected chi connectivity index (χ3v) is 3.75. The molecule has 0 spiro atoms. The van der Waals surface area contributed by atoms with Crippen LogP contribution >= 0.6 is 0 Å². The normalized spacial score (nSPS) is 11.2. The largest absolute Gasteiger partial charge is 0.388 e. The van der Waals surface area contributed by atoms with Crippen LogP contribution in [0.3, 0.4) is 0 Å². The zero-order chi connectivity index (χ0) is 18.9. The van der Waals surface area contributed by atoms with Crippen LogP contribution in [0.25, 0.3) is 0 Å². The van der Waals surface area contributed by atoms with E-state index in [2.05, 4.69) is 17.2 Å². The molecule has 1 atom stereocenters. The number of benzene rings is 2. The Kier molecular flexibility index (Phi) is 7.06. The molecule has 0 saturated heterocycles. The number of amides is 1. The molecule has 2 rings (SSSR count). The molecule has 26 heavy (non-hydrogen) atoms. The maximum Gasteiger partial charge on any atom is 0.251 e. The van der Waals surface area contributed by atoms with Gasteiger partial charge in [0.15, 0.2) is 5.78 Å². The van der Waals surface area contributed by atoms with E-state index in [1.165, 1.54) is 0 Å². The van der Waals surface area contributed by atoms with Crippen molar-refractivity contribution < 1.29 is 14.7 Å². The summed E-state index contributed by atoms with van der Waals surface area (Å²) in [5, 5.41) is 11.4. The van der Waals surface area contributed by atoms with Gasteiger partial charge >= 0.3 is 0 Å². The highest BCUT2D eigenvalue weighted by molar-refractivity contribution is 5.98. The molecule has 6 nitrogen and oxygen atoms in total. The van der Waals surface area contributed by atoms with Gasteiger partial charge in [-0.05, 0) is 42.0 Å².